The number of carboxylic acid groups (broad SMARTS) is 1. The highest BCUT2D eigenvalue weighted by Gasteiger charge is 2.40. The summed E-state index contributed by atoms with van der Waals surface area (Å²) in [7, 11) is 0. The first-order chi connectivity index (χ1) is 9.54. The fourth-order valence-corrected chi connectivity index (χ4v) is 3.04. The van der Waals surface area contributed by atoms with Crippen LogP contribution in [0.5, 0.6) is 0 Å². The zero-order chi connectivity index (χ0) is 14.7. The molecule has 2 N–H and O–H groups in total. The second-order valence-electron chi connectivity index (χ2n) is 5.46. The summed E-state index contributed by atoms with van der Waals surface area (Å²) in [5, 5.41) is 12.1. The number of carboxylic acids is 1. The average Bonchev–Trinajstić information content (AvgIpc) is 2.83. The van der Waals surface area contributed by atoms with Crippen LogP contribution in [0.4, 0.5) is 0 Å². The van der Waals surface area contributed by atoms with Crippen molar-refractivity contribution >= 4 is 11.8 Å². The Kier molecular flexibility index (Phi) is 4.55. The molecule has 4 heteroatoms. The van der Waals surface area contributed by atoms with Crippen molar-refractivity contribution in [2.24, 2.45) is 5.92 Å². The molecule has 4 atom stereocenters. The van der Waals surface area contributed by atoms with E-state index in [1.807, 2.05) is 44.2 Å². The van der Waals surface area contributed by atoms with Crippen molar-refractivity contribution < 1.29 is 14.7 Å². The maximum absolute atomic E-state index is 12.7. The molecule has 1 fully saturated rings. The number of benzene rings is 1. The lowest BCUT2D eigenvalue weighted by molar-refractivity contribution is -0.139. The van der Waals surface area contributed by atoms with E-state index in [0.29, 0.717) is 6.42 Å². The lowest BCUT2D eigenvalue weighted by Crippen LogP contribution is -2.35. The SMILES string of the molecule is CCC(C(=O)C1C[C@@H](C(=O)O)NC1C)c1ccccc1. The van der Waals surface area contributed by atoms with Crippen LogP contribution in [0.3, 0.4) is 0 Å². The normalized spacial score (nSPS) is 27.2. The number of carbonyl (C=O) groups excluding carboxylic acids is 1. The zero-order valence-corrected chi connectivity index (χ0v) is 11.9. The monoisotopic (exact) mass is 275 g/mol. The molecule has 108 valence electrons. The van der Waals surface area contributed by atoms with E-state index in [1.165, 1.54) is 0 Å². The summed E-state index contributed by atoms with van der Waals surface area (Å²) < 4.78 is 0. The van der Waals surface area contributed by atoms with Gasteiger partial charge in [-0.3, -0.25) is 9.59 Å². The predicted molar refractivity (Wildman–Crippen MR) is 76.6 cm³/mol. The summed E-state index contributed by atoms with van der Waals surface area (Å²) in [4.78, 5) is 23.8. The molecule has 0 spiro atoms. The van der Waals surface area contributed by atoms with Gasteiger partial charge in [-0.15, -0.1) is 0 Å². The van der Waals surface area contributed by atoms with E-state index in [2.05, 4.69) is 5.32 Å². The Morgan fingerprint density at radius 3 is 2.50 bits per heavy atom. The molecule has 1 aliphatic heterocycles. The van der Waals surface area contributed by atoms with Gasteiger partial charge in [-0.25, -0.2) is 0 Å². The highest BCUT2D eigenvalue weighted by Crippen LogP contribution is 2.30. The molecule has 1 saturated heterocycles. The van der Waals surface area contributed by atoms with Gasteiger partial charge >= 0.3 is 5.97 Å². The van der Waals surface area contributed by atoms with Crippen LogP contribution >= 0.6 is 0 Å². The molecular weight excluding hydrogens is 254 g/mol. The molecule has 1 aromatic rings. The Morgan fingerprint density at radius 1 is 1.35 bits per heavy atom. The fraction of sp³-hybridized carbons (Fsp3) is 0.500. The van der Waals surface area contributed by atoms with E-state index in [4.69, 9.17) is 5.11 Å². The third-order valence-corrected chi connectivity index (χ3v) is 4.17. The van der Waals surface area contributed by atoms with Crippen LogP contribution in [0.15, 0.2) is 30.3 Å². The van der Waals surface area contributed by atoms with Gasteiger partial charge < -0.3 is 10.4 Å². The second-order valence-corrected chi connectivity index (χ2v) is 5.46. The topological polar surface area (TPSA) is 66.4 Å². The minimum absolute atomic E-state index is 0.0821. The lowest BCUT2D eigenvalue weighted by atomic mass is 9.82. The summed E-state index contributed by atoms with van der Waals surface area (Å²) in [5.41, 5.74) is 1.02. The van der Waals surface area contributed by atoms with E-state index < -0.39 is 12.0 Å². The maximum Gasteiger partial charge on any atom is 0.320 e. The Morgan fingerprint density at radius 2 is 2.00 bits per heavy atom. The Bertz CT molecular complexity index is 486. The van der Waals surface area contributed by atoms with Crippen molar-refractivity contribution in [2.75, 3.05) is 0 Å². The summed E-state index contributed by atoms with van der Waals surface area (Å²) in [6, 6.07) is 9.04. The van der Waals surface area contributed by atoms with Crippen molar-refractivity contribution in [3.63, 3.8) is 0 Å². The maximum atomic E-state index is 12.7. The third kappa shape index (κ3) is 2.90. The van der Waals surface area contributed by atoms with Crippen LogP contribution in [0.2, 0.25) is 0 Å². The molecule has 0 bridgehead atoms. The van der Waals surface area contributed by atoms with Crippen LogP contribution in [-0.2, 0) is 9.59 Å². The molecule has 1 aromatic carbocycles. The van der Waals surface area contributed by atoms with Crippen molar-refractivity contribution in [1.29, 1.82) is 0 Å². The number of ketones is 1. The van der Waals surface area contributed by atoms with Crippen LogP contribution in [0.1, 0.15) is 38.2 Å². The van der Waals surface area contributed by atoms with Gasteiger partial charge in [0.2, 0.25) is 0 Å². The van der Waals surface area contributed by atoms with E-state index in [-0.39, 0.29) is 23.7 Å². The van der Waals surface area contributed by atoms with Gasteiger partial charge in [-0.1, -0.05) is 37.3 Å². The first-order valence-electron chi connectivity index (χ1n) is 7.12. The molecule has 0 radical (unpaired) electrons. The van der Waals surface area contributed by atoms with Crippen LogP contribution < -0.4 is 5.32 Å². The Labute approximate surface area is 119 Å². The molecule has 0 amide bonds. The van der Waals surface area contributed by atoms with Crippen molar-refractivity contribution in [3.8, 4) is 0 Å². The van der Waals surface area contributed by atoms with E-state index in [9.17, 15) is 9.59 Å². The van der Waals surface area contributed by atoms with Crippen LogP contribution in [0.25, 0.3) is 0 Å². The molecule has 0 aliphatic carbocycles. The standard InChI is InChI=1S/C16H21NO3/c1-3-12(11-7-5-4-6-8-11)15(18)13-9-14(16(19)20)17-10(13)2/h4-8,10,12-14,17H,3,9H2,1-2H3,(H,19,20)/t10?,12?,13?,14-/m0/s1. The van der Waals surface area contributed by atoms with Crippen molar-refractivity contribution in [2.45, 2.75) is 44.7 Å². The molecule has 0 aromatic heterocycles. The minimum Gasteiger partial charge on any atom is -0.480 e. The number of hydrogen-bond acceptors (Lipinski definition) is 3. The average molecular weight is 275 g/mol. The predicted octanol–water partition coefficient (Wildman–Crippen LogP) is 2.20. The molecule has 3 unspecified atom stereocenters. The largest absolute Gasteiger partial charge is 0.480 e. The second kappa shape index (κ2) is 6.18. The number of hydrogen-bond donors (Lipinski definition) is 2. The Hall–Kier alpha value is -1.68. The van der Waals surface area contributed by atoms with E-state index in [1.54, 1.807) is 0 Å². The van der Waals surface area contributed by atoms with Crippen molar-refractivity contribution in [3.05, 3.63) is 35.9 Å². The van der Waals surface area contributed by atoms with Gasteiger partial charge in [-0.2, -0.15) is 0 Å². The number of aliphatic carboxylic acids is 1. The molecule has 2 rings (SSSR count). The van der Waals surface area contributed by atoms with Crippen molar-refractivity contribution in [1.82, 2.24) is 5.32 Å². The van der Waals surface area contributed by atoms with E-state index in [0.717, 1.165) is 12.0 Å². The van der Waals surface area contributed by atoms with Crippen LogP contribution in [-0.4, -0.2) is 28.9 Å². The van der Waals surface area contributed by atoms with Gasteiger partial charge in [0.15, 0.2) is 0 Å². The molecule has 1 aliphatic rings. The number of nitrogens with one attached hydrogen (secondary N) is 1. The quantitative estimate of drug-likeness (QED) is 0.864. The first kappa shape index (κ1) is 14.7. The number of Topliss-reactive ketones (excluding diaryl/α,β-unsaturated/α-hetero) is 1. The van der Waals surface area contributed by atoms with Gasteiger partial charge in [0, 0.05) is 17.9 Å². The zero-order valence-electron chi connectivity index (χ0n) is 11.9. The molecule has 0 saturated carbocycles. The number of rotatable bonds is 5. The summed E-state index contributed by atoms with van der Waals surface area (Å²) in [6.45, 7) is 3.89. The van der Waals surface area contributed by atoms with Gasteiger partial charge in [0.25, 0.3) is 0 Å². The lowest BCUT2D eigenvalue weighted by Gasteiger charge is -2.21. The van der Waals surface area contributed by atoms with E-state index >= 15 is 0 Å². The van der Waals surface area contributed by atoms with Gasteiger partial charge in [0.05, 0.1) is 0 Å². The molecule has 20 heavy (non-hydrogen) atoms. The smallest absolute Gasteiger partial charge is 0.320 e. The summed E-state index contributed by atoms with van der Waals surface area (Å²) in [6.07, 6.45) is 1.13. The van der Waals surface area contributed by atoms with Gasteiger partial charge in [0.1, 0.15) is 11.8 Å². The highest BCUT2D eigenvalue weighted by atomic mass is 16.4. The number of carbonyl (C=O) groups is 2. The van der Waals surface area contributed by atoms with Gasteiger partial charge in [-0.05, 0) is 25.3 Å². The summed E-state index contributed by atoms with van der Waals surface area (Å²) >= 11 is 0. The molecular formula is C16H21NO3. The first-order valence-corrected chi connectivity index (χ1v) is 7.12. The third-order valence-electron chi connectivity index (χ3n) is 4.17. The molecule has 1 heterocycles. The van der Waals surface area contributed by atoms with Crippen LogP contribution in [0, 0.1) is 5.92 Å². The summed E-state index contributed by atoms with van der Waals surface area (Å²) in [5.74, 6) is -1.08. The fourth-order valence-electron chi connectivity index (χ4n) is 3.04. The molecule has 4 nitrogen and oxygen atoms in total. The highest BCUT2D eigenvalue weighted by molar-refractivity contribution is 5.90. The Balaban J connectivity index is 2.16. The minimum atomic E-state index is -0.875.